The van der Waals surface area contributed by atoms with Gasteiger partial charge in [-0.25, -0.2) is 9.36 Å². The van der Waals surface area contributed by atoms with Crippen molar-refractivity contribution < 1.29 is 13.2 Å². The van der Waals surface area contributed by atoms with E-state index in [1.165, 1.54) is 16.8 Å². The predicted octanol–water partition coefficient (Wildman–Crippen LogP) is 3.45. The maximum Gasteiger partial charge on any atom is 0.435 e. The molecule has 3 aromatic heterocycles. The monoisotopic (exact) mass is 433 g/mol. The molecule has 0 unspecified atom stereocenters. The van der Waals surface area contributed by atoms with Crippen molar-refractivity contribution in [2.24, 2.45) is 0 Å². The smallest absolute Gasteiger partial charge is 0.366 e. The summed E-state index contributed by atoms with van der Waals surface area (Å²) in [6.07, 6.45) is -1.64. The van der Waals surface area contributed by atoms with Gasteiger partial charge in [-0.2, -0.15) is 18.3 Å². The van der Waals surface area contributed by atoms with Crippen LogP contribution in [0, 0.1) is 13.8 Å². The maximum absolute atomic E-state index is 12.6. The number of hydrogen-bond acceptors (Lipinski definition) is 6. The molecule has 11 heteroatoms. The van der Waals surface area contributed by atoms with Gasteiger partial charge in [-0.05, 0) is 63.8 Å². The lowest BCUT2D eigenvalue weighted by atomic mass is 9.91. The Kier molecular flexibility index (Phi) is 5.50. The predicted molar refractivity (Wildman–Crippen MR) is 107 cm³/mol. The Morgan fingerprint density at radius 2 is 1.74 bits per heavy atom. The molecule has 1 fully saturated rings. The standard InChI is InChI=1S/C20H22F3N7O/c1-12-11-13(2)29(27-12)18-9-10-19(31)30(28-18)15-5-3-14(4-6-15)24-17-8-7-16(25-26-17)20(21,22)23/h7-11,14-15H,3-6H2,1-2H3,(H,24,26). The molecule has 1 N–H and O–H groups in total. The second kappa shape index (κ2) is 8.12. The Balaban J connectivity index is 1.42. The fraction of sp³-hybridized carbons (Fsp3) is 0.450. The molecule has 4 rings (SSSR count). The molecule has 0 spiro atoms. The average Bonchev–Trinajstić information content (AvgIpc) is 3.07. The lowest BCUT2D eigenvalue weighted by Gasteiger charge is -2.29. The summed E-state index contributed by atoms with van der Waals surface area (Å²) < 4.78 is 41.1. The van der Waals surface area contributed by atoms with Crippen molar-refractivity contribution in [1.29, 1.82) is 0 Å². The highest BCUT2D eigenvalue weighted by atomic mass is 19.4. The first-order valence-corrected chi connectivity index (χ1v) is 10.0. The zero-order chi connectivity index (χ0) is 22.2. The zero-order valence-electron chi connectivity index (χ0n) is 17.1. The van der Waals surface area contributed by atoms with Crippen LogP contribution >= 0.6 is 0 Å². The van der Waals surface area contributed by atoms with E-state index in [0.29, 0.717) is 24.5 Å². The first kappa shape index (κ1) is 21.0. The minimum Gasteiger partial charge on any atom is -0.366 e. The molecule has 0 atom stereocenters. The molecule has 31 heavy (non-hydrogen) atoms. The van der Waals surface area contributed by atoms with Crippen LogP contribution in [-0.2, 0) is 6.18 Å². The fourth-order valence-corrected chi connectivity index (χ4v) is 3.88. The van der Waals surface area contributed by atoms with E-state index in [9.17, 15) is 18.0 Å². The minimum atomic E-state index is -4.51. The molecule has 1 saturated carbocycles. The summed E-state index contributed by atoms with van der Waals surface area (Å²) in [5.41, 5.74) is 0.612. The van der Waals surface area contributed by atoms with Gasteiger partial charge in [-0.15, -0.1) is 15.3 Å². The molecule has 1 aliphatic carbocycles. The van der Waals surface area contributed by atoms with E-state index >= 15 is 0 Å². The zero-order valence-corrected chi connectivity index (χ0v) is 17.1. The Labute approximate surface area is 176 Å². The molecule has 0 aromatic carbocycles. The van der Waals surface area contributed by atoms with E-state index in [0.717, 1.165) is 30.3 Å². The van der Waals surface area contributed by atoms with Gasteiger partial charge in [0.15, 0.2) is 11.5 Å². The molecule has 0 bridgehead atoms. The first-order chi connectivity index (χ1) is 14.7. The third-order valence-corrected chi connectivity index (χ3v) is 5.39. The van der Waals surface area contributed by atoms with E-state index in [-0.39, 0.29) is 17.6 Å². The van der Waals surface area contributed by atoms with Crippen molar-refractivity contribution in [3.05, 3.63) is 57.8 Å². The van der Waals surface area contributed by atoms with Crippen molar-refractivity contribution in [2.45, 2.75) is 57.8 Å². The van der Waals surface area contributed by atoms with E-state index < -0.39 is 11.9 Å². The van der Waals surface area contributed by atoms with Gasteiger partial charge in [-0.1, -0.05) is 0 Å². The molecule has 0 amide bonds. The van der Waals surface area contributed by atoms with Gasteiger partial charge < -0.3 is 5.32 Å². The van der Waals surface area contributed by atoms with Gasteiger partial charge >= 0.3 is 6.18 Å². The lowest BCUT2D eigenvalue weighted by molar-refractivity contribution is -0.141. The summed E-state index contributed by atoms with van der Waals surface area (Å²) >= 11 is 0. The number of alkyl halides is 3. The van der Waals surface area contributed by atoms with Crippen molar-refractivity contribution in [3.63, 3.8) is 0 Å². The molecule has 0 radical (unpaired) electrons. The van der Waals surface area contributed by atoms with E-state index in [1.54, 1.807) is 10.7 Å². The Morgan fingerprint density at radius 1 is 1.00 bits per heavy atom. The van der Waals surface area contributed by atoms with Gasteiger partial charge in [0.1, 0.15) is 5.82 Å². The minimum absolute atomic E-state index is 0.0391. The first-order valence-electron chi connectivity index (χ1n) is 10.0. The Morgan fingerprint density at radius 3 is 2.32 bits per heavy atom. The number of hydrogen-bond donors (Lipinski definition) is 1. The lowest BCUT2D eigenvalue weighted by Crippen LogP contribution is -2.34. The van der Waals surface area contributed by atoms with E-state index in [4.69, 9.17) is 0 Å². The van der Waals surface area contributed by atoms with Gasteiger partial charge in [-0.3, -0.25) is 4.79 Å². The van der Waals surface area contributed by atoms with Crippen LogP contribution in [-0.4, -0.2) is 35.8 Å². The molecule has 3 aromatic rings. The summed E-state index contributed by atoms with van der Waals surface area (Å²) in [5, 5.41) is 19.0. The topological polar surface area (TPSA) is 90.5 Å². The summed E-state index contributed by atoms with van der Waals surface area (Å²) in [5.74, 6) is 0.892. The van der Waals surface area contributed by atoms with Crippen molar-refractivity contribution >= 4 is 5.82 Å². The van der Waals surface area contributed by atoms with Crippen LogP contribution in [0.5, 0.6) is 0 Å². The number of rotatable bonds is 4. The largest absolute Gasteiger partial charge is 0.435 e. The number of nitrogens with one attached hydrogen (secondary N) is 1. The summed E-state index contributed by atoms with van der Waals surface area (Å²) in [6.45, 7) is 3.83. The van der Waals surface area contributed by atoms with Crippen LogP contribution in [0.4, 0.5) is 19.0 Å². The average molecular weight is 433 g/mol. The second-order valence-electron chi connectivity index (χ2n) is 7.76. The Bertz CT molecular complexity index is 1110. The van der Waals surface area contributed by atoms with Crippen LogP contribution in [0.2, 0.25) is 0 Å². The SMILES string of the molecule is Cc1cc(C)n(-c2ccc(=O)n(C3CCC(Nc4ccc(C(F)(F)F)nn4)CC3)n2)n1. The molecule has 0 saturated heterocycles. The second-order valence-corrected chi connectivity index (χ2v) is 7.76. The molecule has 3 heterocycles. The summed E-state index contributed by atoms with van der Waals surface area (Å²) in [4.78, 5) is 12.4. The molecule has 1 aliphatic rings. The summed E-state index contributed by atoms with van der Waals surface area (Å²) in [6, 6.07) is 7.28. The Hall–Kier alpha value is -3.24. The molecule has 0 aliphatic heterocycles. The number of halogens is 3. The van der Waals surface area contributed by atoms with Gasteiger partial charge in [0.05, 0.1) is 11.7 Å². The van der Waals surface area contributed by atoms with Gasteiger partial charge in [0.2, 0.25) is 0 Å². The third kappa shape index (κ3) is 4.59. The van der Waals surface area contributed by atoms with E-state index in [1.807, 2.05) is 19.9 Å². The fourth-order valence-electron chi connectivity index (χ4n) is 3.88. The maximum atomic E-state index is 12.6. The highest BCUT2D eigenvalue weighted by molar-refractivity contribution is 5.34. The van der Waals surface area contributed by atoms with Crippen molar-refractivity contribution in [2.75, 3.05) is 5.32 Å². The van der Waals surface area contributed by atoms with Crippen molar-refractivity contribution in [1.82, 2.24) is 29.8 Å². The quantitative estimate of drug-likeness (QED) is 0.678. The van der Waals surface area contributed by atoms with Crippen LogP contribution in [0.15, 0.2) is 35.1 Å². The highest BCUT2D eigenvalue weighted by Crippen LogP contribution is 2.30. The normalized spacial score (nSPS) is 19.4. The molecular formula is C20H22F3N7O. The highest BCUT2D eigenvalue weighted by Gasteiger charge is 2.33. The number of nitrogens with zero attached hydrogens (tertiary/aromatic N) is 6. The van der Waals surface area contributed by atoms with Crippen LogP contribution in [0.1, 0.15) is 48.8 Å². The van der Waals surface area contributed by atoms with Gasteiger partial charge in [0.25, 0.3) is 5.56 Å². The van der Waals surface area contributed by atoms with Crippen LogP contribution in [0.3, 0.4) is 0 Å². The van der Waals surface area contributed by atoms with Crippen LogP contribution in [0.25, 0.3) is 5.82 Å². The van der Waals surface area contributed by atoms with E-state index in [2.05, 4.69) is 25.7 Å². The third-order valence-electron chi connectivity index (χ3n) is 5.39. The van der Waals surface area contributed by atoms with Crippen molar-refractivity contribution in [3.8, 4) is 5.82 Å². The number of aryl methyl sites for hydroxylation is 2. The molecule has 164 valence electrons. The molecular weight excluding hydrogens is 411 g/mol. The number of anilines is 1. The van der Waals surface area contributed by atoms with Gasteiger partial charge in [0, 0.05) is 17.8 Å². The number of aromatic nitrogens is 6. The molecule has 8 nitrogen and oxygen atoms in total. The van der Waals surface area contributed by atoms with Crippen LogP contribution < -0.4 is 10.9 Å². The summed E-state index contributed by atoms with van der Waals surface area (Å²) in [7, 11) is 0.